The summed E-state index contributed by atoms with van der Waals surface area (Å²) in [5, 5.41) is 0. The van der Waals surface area contributed by atoms with Crippen molar-refractivity contribution in [3.8, 4) is 0 Å². The SMILES string of the molecule is Cc1cccc(C(N)c2ccc(F)c(F)c2)c1I. The van der Waals surface area contributed by atoms with Crippen molar-refractivity contribution in [2.45, 2.75) is 13.0 Å². The lowest BCUT2D eigenvalue weighted by atomic mass is 9.98. The van der Waals surface area contributed by atoms with Gasteiger partial charge >= 0.3 is 0 Å². The largest absolute Gasteiger partial charge is 0.320 e. The normalized spacial score (nSPS) is 12.5. The zero-order chi connectivity index (χ0) is 13.3. The number of rotatable bonds is 2. The quantitative estimate of drug-likeness (QED) is 0.808. The lowest BCUT2D eigenvalue weighted by molar-refractivity contribution is 0.506. The van der Waals surface area contributed by atoms with E-state index < -0.39 is 17.7 Å². The molecule has 0 saturated carbocycles. The molecule has 0 amide bonds. The van der Waals surface area contributed by atoms with Crippen molar-refractivity contribution < 1.29 is 8.78 Å². The Morgan fingerprint density at radius 1 is 1.11 bits per heavy atom. The molecule has 0 aromatic heterocycles. The van der Waals surface area contributed by atoms with Gasteiger partial charge in [-0.15, -0.1) is 0 Å². The molecule has 4 heteroatoms. The molecule has 18 heavy (non-hydrogen) atoms. The van der Waals surface area contributed by atoms with E-state index in [-0.39, 0.29) is 0 Å². The van der Waals surface area contributed by atoms with Crippen LogP contribution in [0, 0.1) is 22.1 Å². The third kappa shape index (κ3) is 2.54. The van der Waals surface area contributed by atoms with Crippen molar-refractivity contribution in [2.24, 2.45) is 5.73 Å². The molecule has 0 bridgehead atoms. The summed E-state index contributed by atoms with van der Waals surface area (Å²) in [4.78, 5) is 0. The second-order valence-corrected chi connectivity index (χ2v) is 5.21. The fraction of sp³-hybridized carbons (Fsp3) is 0.143. The van der Waals surface area contributed by atoms with E-state index in [0.717, 1.165) is 26.8 Å². The Hall–Kier alpha value is -1.01. The second kappa shape index (κ2) is 5.32. The summed E-state index contributed by atoms with van der Waals surface area (Å²) >= 11 is 2.21. The van der Waals surface area contributed by atoms with Crippen LogP contribution in [0.1, 0.15) is 22.7 Å². The predicted molar refractivity (Wildman–Crippen MR) is 76.3 cm³/mol. The minimum atomic E-state index is -0.870. The topological polar surface area (TPSA) is 26.0 Å². The fourth-order valence-corrected chi connectivity index (χ4v) is 2.49. The average molecular weight is 359 g/mol. The summed E-state index contributed by atoms with van der Waals surface area (Å²) < 4.78 is 27.1. The molecule has 0 fully saturated rings. The molecule has 0 aliphatic carbocycles. The Morgan fingerprint density at radius 3 is 2.50 bits per heavy atom. The first kappa shape index (κ1) is 13.4. The first-order valence-electron chi connectivity index (χ1n) is 5.46. The molecule has 0 aliphatic rings. The molecule has 0 radical (unpaired) electrons. The van der Waals surface area contributed by atoms with Gasteiger partial charge in [0.25, 0.3) is 0 Å². The van der Waals surface area contributed by atoms with Crippen LogP contribution in [0.15, 0.2) is 36.4 Å². The summed E-state index contributed by atoms with van der Waals surface area (Å²) in [5.41, 5.74) is 8.71. The maximum Gasteiger partial charge on any atom is 0.159 e. The molecular weight excluding hydrogens is 347 g/mol. The highest BCUT2D eigenvalue weighted by Gasteiger charge is 2.15. The summed E-state index contributed by atoms with van der Waals surface area (Å²) in [7, 11) is 0. The Morgan fingerprint density at radius 2 is 1.83 bits per heavy atom. The van der Waals surface area contributed by atoms with E-state index in [4.69, 9.17) is 5.73 Å². The molecule has 94 valence electrons. The van der Waals surface area contributed by atoms with Crippen LogP contribution in [0.2, 0.25) is 0 Å². The van der Waals surface area contributed by atoms with Gasteiger partial charge < -0.3 is 5.73 Å². The van der Waals surface area contributed by atoms with Crippen molar-refractivity contribution in [3.05, 3.63) is 68.3 Å². The second-order valence-electron chi connectivity index (χ2n) is 4.13. The fourth-order valence-electron chi connectivity index (χ4n) is 1.80. The minimum absolute atomic E-state index is 0.452. The highest BCUT2D eigenvalue weighted by molar-refractivity contribution is 14.1. The van der Waals surface area contributed by atoms with E-state index in [1.807, 2.05) is 25.1 Å². The van der Waals surface area contributed by atoms with Crippen LogP contribution in [0.5, 0.6) is 0 Å². The molecule has 1 nitrogen and oxygen atoms in total. The predicted octanol–water partition coefficient (Wildman–Crippen LogP) is 3.93. The van der Waals surface area contributed by atoms with Gasteiger partial charge in [-0.2, -0.15) is 0 Å². The van der Waals surface area contributed by atoms with Crippen molar-refractivity contribution in [1.82, 2.24) is 0 Å². The maximum atomic E-state index is 13.2. The number of aryl methyl sites for hydroxylation is 1. The van der Waals surface area contributed by atoms with E-state index >= 15 is 0 Å². The van der Waals surface area contributed by atoms with Gasteiger partial charge in [-0.05, 0) is 58.3 Å². The Labute approximate surface area is 118 Å². The van der Waals surface area contributed by atoms with E-state index in [1.54, 1.807) is 0 Å². The number of halogens is 3. The molecular formula is C14H12F2IN. The van der Waals surface area contributed by atoms with Crippen molar-refractivity contribution >= 4 is 22.6 Å². The standard InChI is InChI=1S/C14H12F2IN/c1-8-3-2-4-10(13(8)17)14(18)9-5-6-11(15)12(16)7-9/h2-7,14H,18H2,1H3. The van der Waals surface area contributed by atoms with Gasteiger partial charge in [-0.1, -0.05) is 24.3 Å². The van der Waals surface area contributed by atoms with Gasteiger partial charge in [0.2, 0.25) is 0 Å². The Balaban J connectivity index is 2.44. The van der Waals surface area contributed by atoms with E-state index in [2.05, 4.69) is 22.6 Å². The smallest absolute Gasteiger partial charge is 0.159 e. The molecule has 2 aromatic rings. The molecule has 2 aromatic carbocycles. The van der Waals surface area contributed by atoms with Crippen LogP contribution in [-0.4, -0.2) is 0 Å². The summed E-state index contributed by atoms with van der Waals surface area (Å²) in [6.45, 7) is 1.99. The minimum Gasteiger partial charge on any atom is -0.320 e. The number of hydrogen-bond donors (Lipinski definition) is 1. The molecule has 1 atom stereocenters. The lowest BCUT2D eigenvalue weighted by Crippen LogP contribution is -2.14. The molecule has 0 aliphatic heterocycles. The molecule has 2 rings (SSSR count). The van der Waals surface area contributed by atoms with Crippen LogP contribution in [0.4, 0.5) is 8.78 Å². The van der Waals surface area contributed by atoms with E-state index in [9.17, 15) is 8.78 Å². The van der Waals surface area contributed by atoms with Gasteiger partial charge in [-0.3, -0.25) is 0 Å². The van der Waals surface area contributed by atoms with Crippen LogP contribution in [0.3, 0.4) is 0 Å². The molecule has 1 unspecified atom stereocenters. The highest BCUT2D eigenvalue weighted by Crippen LogP contribution is 2.27. The van der Waals surface area contributed by atoms with Crippen LogP contribution in [-0.2, 0) is 0 Å². The third-order valence-electron chi connectivity index (χ3n) is 2.86. The lowest BCUT2D eigenvalue weighted by Gasteiger charge is -2.16. The first-order valence-corrected chi connectivity index (χ1v) is 6.54. The molecule has 0 spiro atoms. The highest BCUT2D eigenvalue weighted by atomic mass is 127. The number of nitrogens with two attached hydrogens (primary N) is 1. The third-order valence-corrected chi connectivity index (χ3v) is 4.33. The molecule has 0 saturated heterocycles. The average Bonchev–Trinajstić information content (AvgIpc) is 2.35. The molecule has 0 heterocycles. The summed E-state index contributed by atoms with van der Waals surface area (Å²) in [6, 6.07) is 9.12. The summed E-state index contributed by atoms with van der Waals surface area (Å²) in [6.07, 6.45) is 0. The first-order chi connectivity index (χ1) is 8.50. The zero-order valence-corrected chi connectivity index (χ0v) is 11.9. The molecule has 2 N–H and O–H groups in total. The van der Waals surface area contributed by atoms with Crippen LogP contribution in [0.25, 0.3) is 0 Å². The van der Waals surface area contributed by atoms with Gasteiger partial charge in [0.1, 0.15) is 0 Å². The zero-order valence-electron chi connectivity index (χ0n) is 9.75. The van der Waals surface area contributed by atoms with Crippen LogP contribution >= 0.6 is 22.6 Å². The van der Waals surface area contributed by atoms with E-state index in [0.29, 0.717) is 5.56 Å². The maximum absolute atomic E-state index is 13.2. The number of hydrogen-bond acceptors (Lipinski definition) is 1. The van der Waals surface area contributed by atoms with Crippen molar-refractivity contribution in [2.75, 3.05) is 0 Å². The van der Waals surface area contributed by atoms with E-state index in [1.165, 1.54) is 6.07 Å². The monoisotopic (exact) mass is 359 g/mol. The van der Waals surface area contributed by atoms with Gasteiger partial charge in [0.05, 0.1) is 6.04 Å². The van der Waals surface area contributed by atoms with Crippen molar-refractivity contribution in [3.63, 3.8) is 0 Å². The summed E-state index contributed by atoms with van der Waals surface area (Å²) in [5.74, 6) is -1.73. The van der Waals surface area contributed by atoms with Gasteiger partial charge in [-0.25, -0.2) is 8.78 Å². The van der Waals surface area contributed by atoms with Crippen LogP contribution < -0.4 is 5.73 Å². The Kier molecular flexibility index (Phi) is 3.97. The number of benzene rings is 2. The Bertz CT molecular complexity index is 584. The van der Waals surface area contributed by atoms with Gasteiger partial charge in [0.15, 0.2) is 11.6 Å². The van der Waals surface area contributed by atoms with Gasteiger partial charge in [0, 0.05) is 3.57 Å². The van der Waals surface area contributed by atoms with Crippen molar-refractivity contribution in [1.29, 1.82) is 0 Å².